The van der Waals surface area contributed by atoms with Crippen LogP contribution in [-0.2, 0) is 42.6 Å². The van der Waals surface area contributed by atoms with E-state index in [1.54, 1.807) is 0 Å². The van der Waals surface area contributed by atoms with E-state index in [1.165, 1.54) is 19.4 Å². The molecule has 4 aliphatic carbocycles. The summed E-state index contributed by atoms with van der Waals surface area (Å²) in [7, 11) is 0. The van der Waals surface area contributed by atoms with Gasteiger partial charge in [0.1, 0.15) is 85.5 Å². The molecule has 8 fully saturated rings. The van der Waals surface area contributed by atoms with Gasteiger partial charge in [-0.15, -0.1) is 0 Å². The van der Waals surface area contributed by atoms with Crippen LogP contribution in [0.25, 0.3) is 0 Å². The summed E-state index contributed by atoms with van der Waals surface area (Å²) in [6.07, 6.45) is -20.5. The molecule has 0 aromatic rings. The van der Waals surface area contributed by atoms with Gasteiger partial charge in [-0.05, 0) is 106 Å². The minimum atomic E-state index is -1.75. The maximum Gasteiger partial charge on any atom is 0.187 e. The van der Waals surface area contributed by atoms with Crippen LogP contribution >= 0.6 is 0 Å². The summed E-state index contributed by atoms with van der Waals surface area (Å²) in [4.78, 5) is 0. The smallest absolute Gasteiger partial charge is 0.187 e. The molecule has 5 aliphatic heterocycles. The molecule has 0 spiro atoms. The third kappa shape index (κ3) is 10.2. The van der Waals surface area contributed by atoms with E-state index >= 15 is 0 Å². The van der Waals surface area contributed by atoms with Gasteiger partial charge in [-0.2, -0.15) is 0 Å². The zero-order valence-electron chi connectivity index (χ0n) is 42.7. The van der Waals surface area contributed by atoms with Crippen LogP contribution in [0.1, 0.15) is 99.3 Å². The van der Waals surface area contributed by atoms with Crippen LogP contribution in [0, 0.1) is 46.3 Å². The van der Waals surface area contributed by atoms with Crippen LogP contribution in [-0.4, -0.2) is 227 Å². The molecule has 0 aromatic heterocycles. The molecular weight excluding hydrogens is 965 g/mol. The molecular formula is C51H84O22. The number of ether oxygens (including phenoxy) is 9. The second-order valence-corrected chi connectivity index (χ2v) is 23.8. The van der Waals surface area contributed by atoms with Crippen molar-refractivity contribution in [3.8, 4) is 0 Å². The molecule has 0 radical (unpaired) electrons. The lowest BCUT2D eigenvalue weighted by Gasteiger charge is -2.58. The van der Waals surface area contributed by atoms with Crippen molar-refractivity contribution in [3.63, 3.8) is 0 Å². The molecule has 0 bridgehead atoms. The highest BCUT2D eigenvalue weighted by Crippen LogP contribution is 2.70. The zero-order valence-corrected chi connectivity index (χ0v) is 42.7. The highest BCUT2D eigenvalue weighted by atomic mass is 16.8. The van der Waals surface area contributed by atoms with Crippen LogP contribution in [0.15, 0.2) is 11.6 Å². The molecule has 0 amide bonds. The number of aliphatic hydroxyl groups excluding tert-OH is 12. The summed E-state index contributed by atoms with van der Waals surface area (Å²) in [5, 5.41) is 139. The number of allylic oxidation sites excluding steroid dienone is 1. The number of fused-ring (bicyclic) bond motifs is 7. The largest absolute Gasteiger partial charge is 0.394 e. The molecule has 9 rings (SSSR count). The molecule has 0 unspecified atom stereocenters. The normalized spacial score (nSPS) is 55.5. The lowest BCUT2D eigenvalue weighted by Crippen LogP contribution is -2.66. The van der Waals surface area contributed by atoms with Crippen molar-refractivity contribution in [2.75, 3.05) is 19.8 Å². The standard InChI is InChI=1S/C51H84O22/c1-20(19-65-45-39(60)38(59)35(56)30(17-52)69-45)9-14-51(64)21(2)32-29(73-51)16-28-26-8-7-24-15-25(10-12-49(24,5)27(26)11-13-50(28,32)6)68-48-44(72-47-41(62)37(58)34(55)23(4)67-47)42(63)43(31(18-53)70-48)71-46-40(61)36(57)33(54)22(3)66-46/h7,20-23,25-48,52-64H,8-19H2,1-6H3/t20-,21-,22-,23-,25-,26+,27-,28-,29-,30+,31+,32-,33-,34-,35+,36+,37+,38-,39+,40+,41+,42-,43+,44+,45+,46-,47-,48+,49-,50-,51+/m0/s1. The summed E-state index contributed by atoms with van der Waals surface area (Å²) in [6.45, 7) is 10.7. The zero-order chi connectivity index (χ0) is 52.8. The molecule has 9 aliphatic rings. The third-order valence-corrected chi connectivity index (χ3v) is 19.5. The first-order chi connectivity index (χ1) is 34.5. The van der Waals surface area contributed by atoms with E-state index in [9.17, 15) is 66.4 Å². The maximum atomic E-state index is 12.1. The predicted octanol–water partition coefficient (Wildman–Crippen LogP) is -1.98. The molecule has 22 heteroatoms. The topological polar surface area (TPSA) is 346 Å². The Morgan fingerprint density at radius 1 is 0.644 bits per heavy atom. The summed E-state index contributed by atoms with van der Waals surface area (Å²) in [6, 6.07) is 0. The molecule has 420 valence electrons. The van der Waals surface area contributed by atoms with E-state index in [2.05, 4.69) is 26.8 Å². The van der Waals surface area contributed by atoms with E-state index in [4.69, 9.17) is 42.6 Å². The van der Waals surface area contributed by atoms with E-state index in [-0.39, 0.29) is 41.3 Å². The summed E-state index contributed by atoms with van der Waals surface area (Å²) < 4.78 is 54.6. The van der Waals surface area contributed by atoms with Crippen LogP contribution in [0.5, 0.6) is 0 Å². The van der Waals surface area contributed by atoms with Crippen LogP contribution in [0.2, 0.25) is 0 Å². The molecule has 3 saturated carbocycles. The average Bonchev–Trinajstić information content (AvgIpc) is 3.80. The Balaban J connectivity index is 0.846. The number of hydrogen-bond donors (Lipinski definition) is 13. The Hall–Kier alpha value is -1.14. The minimum Gasteiger partial charge on any atom is -0.394 e. The van der Waals surface area contributed by atoms with E-state index < -0.39 is 148 Å². The van der Waals surface area contributed by atoms with Crippen LogP contribution in [0.4, 0.5) is 0 Å². The van der Waals surface area contributed by atoms with E-state index in [1.807, 2.05) is 6.92 Å². The second kappa shape index (κ2) is 21.8. The highest BCUT2D eigenvalue weighted by Gasteiger charge is 2.68. The van der Waals surface area contributed by atoms with Crippen molar-refractivity contribution in [2.45, 2.75) is 240 Å². The van der Waals surface area contributed by atoms with Gasteiger partial charge in [-0.3, -0.25) is 0 Å². The lowest BCUT2D eigenvalue weighted by molar-refractivity contribution is -0.388. The molecule has 5 heterocycles. The first-order valence-corrected chi connectivity index (χ1v) is 26.8. The molecule has 73 heavy (non-hydrogen) atoms. The number of hydrogen-bond acceptors (Lipinski definition) is 22. The fraction of sp³-hybridized carbons (Fsp3) is 0.961. The van der Waals surface area contributed by atoms with Gasteiger partial charge in [0, 0.05) is 12.3 Å². The maximum absolute atomic E-state index is 12.1. The van der Waals surface area contributed by atoms with Crippen molar-refractivity contribution >= 4 is 0 Å². The molecule has 22 nitrogen and oxygen atoms in total. The van der Waals surface area contributed by atoms with Crippen LogP contribution in [0.3, 0.4) is 0 Å². The third-order valence-electron chi connectivity index (χ3n) is 19.5. The van der Waals surface area contributed by atoms with Gasteiger partial charge < -0.3 is 109 Å². The first-order valence-electron chi connectivity index (χ1n) is 26.8. The Bertz CT molecular complexity index is 1900. The van der Waals surface area contributed by atoms with Gasteiger partial charge >= 0.3 is 0 Å². The van der Waals surface area contributed by atoms with Crippen molar-refractivity contribution in [2.24, 2.45) is 46.3 Å². The predicted molar refractivity (Wildman–Crippen MR) is 249 cm³/mol. The average molecular weight is 1050 g/mol. The highest BCUT2D eigenvalue weighted by molar-refractivity contribution is 5.26. The van der Waals surface area contributed by atoms with Gasteiger partial charge in [0.05, 0.1) is 44.2 Å². The van der Waals surface area contributed by atoms with E-state index in [0.29, 0.717) is 43.4 Å². The summed E-state index contributed by atoms with van der Waals surface area (Å²) in [5.41, 5.74) is 1.07. The van der Waals surface area contributed by atoms with Crippen molar-refractivity contribution in [3.05, 3.63) is 11.6 Å². The van der Waals surface area contributed by atoms with Crippen molar-refractivity contribution in [1.29, 1.82) is 0 Å². The minimum absolute atomic E-state index is 0.0589. The van der Waals surface area contributed by atoms with Gasteiger partial charge in [0.25, 0.3) is 0 Å². The molecule has 0 aromatic carbocycles. The number of rotatable bonds is 14. The fourth-order valence-electron chi connectivity index (χ4n) is 14.9. The molecule has 5 saturated heterocycles. The molecule has 31 atom stereocenters. The Labute approximate surface area is 426 Å². The van der Waals surface area contributed by atoms with Gasteiger partial charge in [-0.1, -0.05) is 39.3 Å². The Morgan fingerprint density at radius 2 is 1.23 bits per heavy atom. The SMILES string of the molecule is C[C@@H](CC[C@@]1(O)O[C@H]2C[C@H]3[C@@H]4CC=C5C[C@@H](O[C@@H]6O[C@H](CO)[C@@H](O[C@@H]7O[C@@H](C)[C@H](O)[C@@H](O)[C@H]7O)[C@H](O)[C@H]6O[C@@H]6O[C@@H](C)[C@H](O)[C@@H](O)[C@H]6O)CC[C@]5(C)[C@H]4CC[C@]3(C)[C@H]2[C@@H]1C)CO[C@@H]1O[C@H](CO)[C@@H](O)[C@H](O)[C@H]1O. The van der Waals surface area contributed by atoms with Crippen LogP contribution < -0.4 is 0 Å². The Kier molecular flexibility index (Phi) is 16.9. The number of aliphatic hydroxyl groups is 13. The van der Waals surface area contributed by atoms with Gasteiger partial charge in [0.15, 0.2) is 30.9 Å². The van der Waals surface area contributed by atoms with Crippen molar-refractivity contribution in [1.82, 2.24) is 0 Å². The summed E-state index contributed by atoms with van der Waals surface area (Å²) >= 11 is 0. The quantitative estimate of drug-likeness (QED) is 0.0839. The fourth-order valence-corrected chi connectivity index (χ4v) is 14.9. The van der Waals surface area contributed by atoms with Gasteiger partial charge in [0.2, 0.25) is 0 Å². The van der Waals surface area contributed by atoms with E-state index in [0.717, 1.165) is 32.1 Å². The first kappa shape index (κ1) is 56.6. The monoisotopic (exact) mass is 1050 g/mol. The molecule has 13 N–H and O–H groups in total. The lowest BCUT2D eigenvalue weighted by atomic mass is 9.47. The Morgan fingerprint density at radius 3 is 1.86 bits per heavy atom. The summed E-state index contributed by atoms with van der Waals surface area (Å²) in [5.74, 6) is -0.232. The van der Waals surface area contributed by atoms with Gasteiger partial charge in [-0.25, -0.2) is 0 Å². The second-order valence-electron chi connectivity index (χ2n) is 23.8. The van der Waals surface area contributed by atoms with Crippen molar-refractivity contribution < 1.29 is 109 Å².